The molecule has 0 bridgehead atoms. The molecule has 1 fully saturated rings. The lowest BCUT2D eigenvalue weighted by Crippen LogP contribution is -2.45. The fraction of sp³-hybridized carbons (Fsp3) is 0.529. The molecule has 5 rings (SSSR count). The molecule has 0 spiro atoms. The number of ether oxygens (including phenoxy) is 5. The summed E-state index contributed by atoms with van der Waals surface area (Å²) in [6.45, 7) is 4.75. The minimum atomic E-state index is -0.562. The number of hydrogen-bond donors (Lipinski definition) is 0. The van der Waals surface area contributed by atoms with Crippen LogP contribution in [-0.4, -0.2) is 30.9 Å². The Bertz CT molecular complexity index is 665. The highest BCUT2D eigenvalue weighted by Gasteiger charge is 2.50. The lowest BCUT2D eigenvalue weighted by Gasteiger charge is -2.38. The Kier molecular flexibility index (Phi) is 2.50. The predicted octanol–water partition coefficient (Wildman–Crippen LogP) is 2.49. The van der Waals surface area contributed by atoms with Gasteiger partial charge in [-0.1, -0.05) is 12.2 Å². The van der Waals surface area contributed by atoms with Crippen molar-refractivity contribution in [2.75, 3.05) is 6.79 Å². The van der Waals surface area contributed by atoms with Crippen molar-refractivity contribution >= 4 is 0 Å². The lowest BCUT2D eigenvalue weighted by atomic mass is 9.80. The number of fused-ring (bicyclic) bond motifs is 6. The summed E-state index contributed by atoms with van der Waals surface area (Å²) in [5.74, 6) is 1.23. The van der Waals surface area contributed by atoms with E-state index in [4.69, 9.17) is 23.7 Å². The van der Waals surface area contributed by atoms with Gasteiger partial charge in [0.05, 0.1) is 12.7 Å². The smallest absolute Gasteiger partial charge is 0.231 e. The van der Waals surface area contributed by atoms with Gasteiger partial charge in [-0.05, 0) is 37.1 Å². The van der Waals surface area contributed by atoms with Crippen molar-refractivity contribution in [1.82, 2.24) is 0 Å². The van der Waals surface area contributed by atoms with Gasteiger partial charge in [0.15, 0.2) is 17.3 Å². The molecular formula is C17H18O5. The Labute approximate surface area is 128 Å². The summed E-state index contributed by atoms with van der Waals surface area (Å²) < 4.78 is 29.1. The molecule has 0 amide bonds. The molecule has 116 valence electrons. The van der Waals surface area contributed by atoms with E-state index in [-0.39, 0.29) is 24.2 Å². The molecule has 4 aliphatic rings. The van der Waals surface area contributed by atoms with Crippen LogP contribution in [0.5, 0.6) is 11.5 Å². The molecule has 3 heterocycles. The first-order chi connectivity index (χ1) is 10.6. The predicted molar refractivity (Wildman–Crippen MR) is 76.8 cm³/mol. The minimum absolute atomic E-state index is 0.0235. The maximum absolute atomic E-state index is 6.12. The Hall–Kier alpha value is -1.56. The zero-order chi connectivity index (χ0) is 14.9. The highest BCUT2D eigenvalue weighted by molar-refractivity contribution is 5.52. The summed E-state index contributed by atoms with van der Waals surface area (Å²) >= 11 is 0. The van der Waals surface area contributed by atoms with E-state index in [1.54, 1.807) is 0 Å². The molecule has 0 unspecified atom stereocenters. The minimum Gasteiger partial charge on any atom is -0.454 e. The van der Waals surface area contributed by atoms with Crippen molar-refractivity contribution < 1.29 is 23.7 Å². The van der Waals surface area contributed by atoms with Crippen molar-refractivity contribution in [3.8, 4) is 11.5 Å². The van der Waals surface area contributed by atoms with Crippen LogP contribution in [0.25, 0.3) is 0 Å². The van der Waals surface area contributed by atoms with Gasteiger partial charge in [0, 0.05) is 5.92 Å². The maximum Gasteiger partial charge on any atom is 0.231 e. The van der Waals surface area contributed by atoms with Gasteiger partial charge < -0.3 is 23.7 Å². The van der Waals surface area contributed by atoms with Crippen LogP contribution in [0.4, 0.5) is 0 Å². The van der Waals surface area contributed by atoms with Crippen LogP contribution in [-0.2, 0) is 20.8 Å². The first-order valence-corrected chi connectivity index (χ1v) is 7.69. The van der Waals surface area contributed by atoms with Gasteiger partial charge in [0.25, 0.3) is 0 Å². The lowest BCUT2D eigenvalue weighted by molar-refractivity contribution is -0.161. The van der Waals surface area contributed by atoms with E-state index in [1.165, 1.54) is 5.56 Å². The van der Waals surface area contributed by atoms with E-state index in [9.17, 15) is 0 Å². The third kappa shape index (κ3) is 1.76. The van der Waals surface area contributed by atoms with E-state index in [0.29, 0.717) is 13.4 Å². The standard InChI is InChI=1S/C17H18O5/c1-17(2)21-12-4-3-10-11-6-14-13(19-8-20-14)5-9(11)7-18-15(10)16(12)22-17/h3-6,10,12,15-16H,7-8H2,1-2H3/t10-,12+,15+,16+/m0/s1. The Morgan fingerprint density at radius 1 is 1.00 bits per heavy atom. The molecule has 5 nitrogen and oxygen atoms in total. The van der Waals surface area contributed by atoms with Crippen LogP contribution in [0.15, 0.2) is 24.3 Å². The van der Waals surface area contributed by atoms with Gasteiger partial charge in [-0.2, -0.15) is 0 Å². The monoisotopic (exact) mass is 302 g/mol. The first-order valence-electron chi connectivity index (χ1n) is 7.69. The molecule has 0 saturated carbocycles. The van der Waals surface area contributed by atoms with Crippen molar-refractivity contribution in [2.45, 2.75) is 50.5 Å². The van der Waals surface area contributed by atoms with Gasteiger partial charge in [-0.3, -0.25) is 0 Å². The van der Waals surface area contributed by atoms with E-state index in [0.717, 1.165) is 17.1 Å². The molecule has 0 N–H and O–H groups in total. The molecule has 0 aromatic heterocycles. The van der Waals surface area contributed by atoms with E-state index < -0.39 is 5.79 Å². The molecule has 0 radical (unpaired) electrons. The largest absolute Gasteiger partial charge is 0.454 e. The highest BCUT2D eigenvalue weighted by atomic mass is 16.8. The number of benzene rings is 1. The zero-order valence-corrected chi connectivity index (χ0v) is 12.6. The fourth-order valence-corrected chi connectivity index (χ4v) is 3.86. The van der Waals surface area contributed by atoms with Gasteiger partial charge >= 0.3 is 0 Å². The molecule has 1 aromatic carbocycles. The summed E-state index contributed by atoms with van der Waals surface area (Å²) in [5, 5.41) is 0. The van der Waals surface area contributed by atoms with Crippen molar-refractivity contribution in [3.05, 3.63) is 35.4 Å². The maximum atomic E-state index is 6.12. The second-order valence-electron chi connectivity index (χ2n) is 6.66. The average Bonchev–Trinajstić information content (AvgIpc) is 3.05. The van der Waals surface area contributed by atoms with Crippen LogP contribution in [0.2, 0.25) is 0 Å². The molecule has 22 heavy (non-hydrogen) atoms. The summed E-state index contributed by atoms with van der Waals surface area (Å²) in [6, 6.07) is 4.12. The molecule has 1 aliphatic carbocycles. The Morgan fingerprint density at radius 3 is 2.68 bits per heavy atom. The normalized spacial score (nSPS) is 36.6. The molecule has 5 heteroatoms. The van der Waals surface area contributed by atoms with Gasteiger partial charge in [0.2, 0.25) is 6.79 Å². The third-order valence-electron chi connectivity index (χ3n) is 4.77. The summed E-state index contributed by atoms with van der Waals surface area (Å²) in [6.07, 6.45) is 4.15. The molecule has 1 saturated heterocycles. The SMILES string of the molecule is CC1(C)O[C@H]2[C@@H]3OCc4cc5c(cc4[C@@H]3C=C[C@H]2O1)OCO5. The summed E-state index contributed by atoms with van der Waals surface area (Å²) in [7, 11) is 0. The van der Waals surface area contributed by atoms with E-state index >= 15 is 0 Å². The van der Waals surface area contributed by atoms with E-state index in [1.807, 2.05) is 19.9 Å². The average molecular weight is 302 g/mol. The second kappa shape index (κ2) is 4.25. The van der Waals surface area contributed by atoms with Crippen LogP contribution in [0.3, 0.4) is 0 Å². The van der Waals surface area contributed by atoms with Crippen LogP contribution in [0.1, 0.15) is 30.9 Å². The van der Waals surface area contributed by atoms with Gasteiger partial charge in [0.1, 0.15) is 12.2 Å². The first kappa shape index (κ1) is 12.9. The second-order valence-corrected chi connectivity index (χ2v) is 6.66. The van der Waals surface area contributed by atoms with Crippen molar-refractivity contribution in [2.24, 2.45) is 0 Å². The molecule has 3 aliphatic heterocycles. The zero-order valence-electron chi connectivity index (χ0n) is 12.6. The van der Waals surface area contributed by atoms with Crippen molar-refractivity contribution in [3.63, 3.8) is 0 Å². The van der Waals surface area contributed by atoms with Gasteiger partial charge in [-0.15, -0.1) is 0 Å². The number of rotatable bonds is 0. The quantitative estimate of drug-likeness (QED) is 0.689. The molecule has 1 aromatic rings. The highest BCUT2D eigenvalue weighted by Crippen LogP contribution is 2.47. The third-order valence-corrected chi connectivity index (χ3v) is 4.77. The molecular weight excluding hydrogens is 284 g/mol. The Balaban J connectivity index is 1.55. The topological polar surface area (TPSA) is 46.2 Å². The molecule has 4 atom stereocenters. The van der Waals surface area contributed by atoms with Crippen LogP contribution in [0, 0.1) is 0 Å². The Morgan fingerprint density at radius 2 is 1.82 bits per heavy atom. The number of hydrogen-bond acceptors (Lipinski definition) is 5. The summed E-state index contributed by atoms with van der Waals surface area (Å²) in [5.41, 5.74) is 2.40. The summed E-state index contributed by atoms with van der Waals surface area (Å²) in [4.78, 5) is 0. The van der Waals surface area contributed by atoms with Crippen LogP contribution < -0.4 is 9.47 Å². The van der Waals surface area contributed by atoms with Crippen molar-refractivity contribution in [1.29, 1.82) is 0 Å². The van der Waals surface area contributed by atoms with Gasteiger partial charge in [-0.25, -0.2) is 0 Å². The van der Waals surface area contributed by atoms with E-state index in [2.05, 4.69) is 18.2 Å². The fourth-order valence-electron chi connectivity index (χ4n) is 3.86. The van der Waals surface area contributed by atoms with Crippen LogP contribution >= 0.6 is 0 Å².